The molecule has 0 spiro atoms. The number of hydrogen-bond acceptors (Lipinski definition) is 5. The van der Waals surface area contributed by atoms with Crippen molar-refractivity contribution in [3.05, 3.63) is 95.6 Å². The highest BCUT2D eigenvalue weighted by Crippen LogP contribution is 2.26. The van der Waals surface area contributed by atoms with Crippen LogP contribution in [0.5, 0.6) is 5.75 Å². The third-order valence-corrected chi connectivity index (χ3v) is 6.81. The Morgan fingerprint density at radius 1 is 1.26 bits per heavy atom. The first-order valence-electron chi connectivity index (χ1n) is 12.8. The number of aryl methyl sites for hydroxylation is 1. The number of carbonyl (C=O) groups excluding carboxylic acids is 2. The van der Waals surface area contributed by atoms with Gasteiger partial charge in [0.25, 0.3) is 5.91 Å². The lowest BCUT2D eigenvalue weighted by Crippen LogP contribution is -2.54. The van der Waals surface area contributed by atoms with Crippen LogP contribution in [0.4, 0.5) is 4.39 Å². The molecule has 200 valence electrons. The molecule has 1 aliphatic heterocycles. The number of nitrogens with zero attached hydrogens (tertiary/aromatic N) is 3. The van der Waals surface area contributed by atoms with Crippen molar-refractivity contribution < 1.29 is 18.7 Å². The average molecular weight is 520 g/mol. The Balaban J connectivity index is 1.42. The van der Waals surface area contributed by atoms with Gasteiger partial charge in [0.15, 0.2) is 0 Å². The minimum absolute atomic E-state index is 0.0240. The molecule has 2 amide bonds. The van der Waals surface area contributed by atoms with E-state index in [-0.39, 0.29) is 23.7 Å². The van der Waals surface area contributed by atoms with Crippen molar-refractivity contribution in [1.29, 1.82) is 0 Å². The van der Waals surface area contributed by atoms with E-state index in [9.17, 15) is 14.0 Å². The molecule has 0 unspecified atom stereocenters. The molecule has 38 heavy (non-hydrogen) atoms. The molecule has 1 aliphatic rings. The first-order valence-corrected chi connectivity index (χ1v) is 12.8. The molecule has 0 aliphatic carbocycles. The largest absolute Gasteiger partial charge is 0.484 e. The number of aromatic nitrogens is 2. The van der Waals surface area contributed by atoms with Crippen molar-refractivity contribution in [1.82, 2.24) is 25.3 Å². The number of aromatic amines is 1. The number of rotatable bonds is 10. The van der Waals surface area contributed by atoms with Gasteiger partial charge in [0.2, 0.25) is 5.91 Å². The summed E-state index contributed by atoms with van der Waals surface area (Å²) in [6, 6.07) is 12.1. The van der Waals surface area contributed by atoms with Crippen molar-refractivity contribution in [2.45, 2.75) is 32.4 Å². The number of carbonyl (C=O) groups is 2. The van der Waals surface area contributed by atoms with Crippen molar-refractivity contribution in [3.63, 3.8) is 0 Å². The van der Waals surface area contributed by atoms with Gasteiger partial charge in [0.1, 0.15) is 17.7 Å². The van der Waals surface area contributed by atoms with E-state index in [0.717, 1.165) is 11.1 Å². The van der Waals surface area contributed by atoms with Gasteiger partial charge in [-0.15, -0.1) is 0 Å². The second-order valence-corrected chi connectivity index (χ2v) is 9.60. The molecule has 1 saturated heterocycles. The number of benzene rings is 2. The molecule has 0 saturated carbocycles. The van der Waals surface area contributed by atoms with Gasteiger partial charge < -0.3 is 15.0 Å². The van der Waals surface area contributed by atoms with Crippen LogP contribution in [0.1, 0.15) is 40.1 Å². The van der Waals surface area contributed by atoms with Gasteiger partial charge in [-0.05, 0) is 73.4 Å². The van der Waals surface area contributed by atoms with E-state index in [2.05, 4.69) is 27.0 Å². The molecule has 2 N–H and O–H groups in total. The van der Waals surface area contributed by atoms with Gasteiger partial charge >= 0.3 is 0 Å². The summed E-state index contributed by atoms with van der Waals surface area (Å²) in [4.78, 5) is 28.7. The predicted octanol–water partition coefficient (Wildman–Crippen LogP) is 3.67. The lowest BCUT2D eigenvalue weighted by molar-refractivity contribution is -0.130. The number of piperazine rings is 1. The fraction of sp³-hybridized carbons (Fsp3) is 0.345. The number of nitrogens with one attached hydrogen (secondary N) is 2. The van der Waals surface area contributed by atoms with Gasteiger partial charge in [0, 0.05) is 50.5 Å². The minimum Gasteiger partial charge on any atom is -0.484 e. The van der Waals surface area contributed by atoms with Gasteiger partial charge in [-0.25, -0.2) is 4.39 Å². The predicted molar refractivity (Wildman–Crippen MR) is 143 cm³/mol. The first-order chi connectivity index (χ1) is 18.3. The summed E-state index contributed by atoms with van der Waals surface area (Å²) in [6.45, 7) is 10.3. The normalized spacial score (nSPS) is 16.6. The van der Waals surface area contributed by atoms with E-state index in [1.165, 1.54) is 12.1 Å². The molecule has 3 aromatic rings. The smallest absolute Gasteiger partial charge is 0.251 e. The average Bonchev–Trinajstić information content (AvgIpc) is 3.43. The molecule has 2 aromatic carbocycles. The summed E-state index contributed by atoms with van der Waals surface area (Å²) in [5.74, 6) is 0.0575. The minimum atomic E-state index is -0.436. The zero-order valence-electron chi connectivity index (χ0n) is 21.8. The monoisotopic (exact) mass is 519 g/mol. The lowest BCUT2D eigenvalue weighted by Gasteiger charge is -2.40. The zero-order valence-corrected chi connectivity index (χ0v) is 21.8. The number of H-pyrrole nitrogens is 1. The van der Waals surface area contributed by atoms with E-state index in [1.54, 1.807) is 49.6 Å². The van der Waals surface area contributed by atoms with Crippen molar-refractivity contribution >= 4 is 11.8 Å². The molecule has 9 heteroatoms. The molecule has 2 heterocycles. The Kier molecular flexibility index (Phi) is 8.91. The fourth-order valence-electron chi connectivity index (χ4n) is 4.58. The molecular formula is C29H34FN5O3. The third kappa shape index (κ3) is 6.86. The number of amides is 2. The molecule has 0 bridgehead atoms. The van der Waals surface area contributed by atoms with E-state index in [4.69, 9.17) is 4.74 Å². The maximum absolute atomic E-state index is 14.5. The topological polar surface area (TPSA) is 90.6 Å². The quantitative estimate of drug-likeness (QED) is 0.399. The summed E-state index contributed by atoms with van der Waals surface area (Å²) in [5.41, 5.74) is 2.85. The highest BCUT2D eigenvalue weighted by molar-refractivity contribution is 5.94. The van der Waals surface area contributed by atoms with Gasteiger partial charge in [0.05, 0.1) is 6.20 Å². The summed E-state index contributed by atoms with van der Waals surface area (Å²) >= 11 is 0. The molecule has 8 nitrogen and oxygen atoms in total. The molecule has 1 aromatic heterocycles. The first kappa shape index (κ1) is 27.1. The molecule has 0 radical (unpaired) electrons. The van der Waals surface area contributed by atoms with Crippen LogP contribution in [0.25, 0.3) is 0 Å². The maximum Gasteiger partial charge on any atom is 0.251 e. The summed E-state index contributed by atoms with van der Waals surface area (Å²) in [6.07, 6.45) is 5.13. The van der Waals surface area contributed by atoms with Crippen LogP contribution in [0, 0.1) is 12.7 Å². The molecule has 4 rings (SSSR count). The Morgan fingerprint density at radius 3 is 2.71 bits per heavy atom. The van der Waals surface area contributed by atoms with Crippen LogP contribution in [-0.2, 0) is 11.2 Å². The summed E-state index contributed by atoms with van der Waals surface area (Å²) in [5, 5.41) is 9.56. The van der Waals surface area contributed by atoms with Crippen LogP contribution >= 0.6 is 0 Å². The van der Waals surface area contributed by atoms with Crippen molar-refractivity contribution in [3.8, 4) is 5.75 Å². The fourth-order valence-corrected chi connectivity index (χ4v) is 4.58. The Morgan fingerprint density at radius 2 is 2.05 bits per heavy atom. The summed E-state index contributed by atoms with van der Waals surface area (Å²) in [7, 11) is 0. The van der Waals surface area contributed by atoms with Crippen molar-refractivity contribution in [2.24, 2.45) is 0 Å². The lowest BCUT2D eigenvalue weighted by atomic mass is 10.0. The Hall–Kier alpha value is -3.98. The van der Waals surface area contributed by atoms with Gasteiger partial charge in [-0.3, -0.25) is 19.6 Å². The molecular weight excluding hydrogens is 485 g/mol. The SMILES string of the molecule is C=CC(=O)N1CCN(C[C@H](Oc2ccc(C(=O)NCCc3cn[nH]c3)cc2)c2ccc(C)c(F)c2)C[C@H]1C. The van der Waals surface area contributed by atoms with E-state index < -0.39 is 6.10 Å². The zero-order chi connectivity index (χ0) is 27.1. The number of hydrogen-bond donors (Lipinski definition) is 2. The van der Waals surface area contributed by atoms with Crippen LogP contribution in [0.15, 0.2) is 67.5 Å². The Labute approximate surface area is 222 Å². The number of ether oxygens (including phenoxy) is 1. The van der Waals surface area contributed by atoms with Crippen LogP contribution in [0.2, 0.25) is 0 Å². The van der Waals surface area contributed by atoms with Gasteiger partial charge in [-0.2, -0.15) is 5.10 Å². The summed E-state index contributed by atoms with van der Waals surface area (Å²) < 4.78 is 20.8. The standard InChI is InChI=1S/C29H34FN5O3/c1-4-28(36)35-14-13-34(18-21(35)3)19-27(24-6-5-20(2)26(30)15-24)38-25-9-7-23(8-10-25)29(37)31-12-11-22-16-32-33-17-22/h4-10,15-17,21,27H,1,11-14,18-19H2,2-3H3,(H,31,37)(H,32,33)/t21-,27+/m1/s1. The van der Waals surface area contributed by atoms with E-state index in [0.29, 0.717) is 56.0 Å². The van der Waals surface area contributed by atoms with E-state index in [1.807, 2.05) is 17.9 Å². The van der Waals surface area contributed by atoms with Gasteiger partial charge in [-0.1, -0.05) is 18.7 Å². The molecule has 2 atom stereocenters. The Bertz CT molecular complexity index is 1250. The molecule has 1 fully saturated rings. The van der Waals surface area contributed by atoms with Crippen LogP contribution < -0.4 is 10.1 Å². The third-order valence-electron chi connectivity index (χ3n) is 6.81. The highest BCUT2D eigenvalue weighted by Gasteiger charge is 2.28. The van der Waals surface area contributed by atoms with E-state index >= 15 is 0 Å². The van der Waals surface area contributed by atoms with Crippen LogP contribution in [-0.4, -0.2) is 70.6 Å². The number of halogens is 1. The van der Waals surface area contributed by atoms with Crippen molar-refractivity contribution in [2.75, 3.05) is 32.7 Å². The second-order valence-electron chi connectivity index (χ2n) is 9.60. The second kappa shape index (κ2) is 12.5. The maximum atomic E-state index is 14.5. The van der Waals surface area contributed by atoms with Crippen LogP contribution in [0.3, 0.4) is 0 Å². The highest BCUT2D eigenvalue weighted by atomic mass is 19.1.